The molecular formula is C21H24N2O3. The summed E-state index contributed by atoms with van der Waals surface area (Å²) in [5, 5.41) is 3.00. The van der Waals surface area contributed by atoms with E-state index in [1.54, 1.807) is 0 Å². The van der Waals surface area contributed by atoms with Gasteiger partial charge in [-0.1, -0.05) is 30.3 Å². The molecule has 2 aliphatic rings. The van der Waals surface area contributed by atoms with Crippen LogP contribution in [0.15, 0.2) is 48.5 Å². The number of anilines is 1. The quantitative estimate of drug-likeness (QED) is 0.913. The van der Waals surface area contributed by atoms with Crippen molar-refractivity contribution in [3.8, 4) is 11.5 Å². The Morgan fingerprint density at radius 3 is 2.69 bits per heavy atom. The van der Waals surface area contributed by atoms with Gasteiger partial charge >= 0.3 is 0 Å². The molecule has 0 aliphatic carbocycles. The molecule has 1 atom stereocenters. The molecule has 1 amide bonds. The summed E-state index contributed by atoms with van der Waals surface area (Å²) in [6.45, 7) is 2.65. The first-order valence-electron chi connectivity index (χ1n) is 9.28. The first-order valence-corrected chi connectivity index (χ1v) is 9.28. The second kappa shape index (κ2) is 7.79. The normalized spacial score (nSPS) is 19.8. The number of amides is 1. The van der Waals surface area contributed by atoms with E-state index in [0.717, 1.165) is 37.2 Å². The van der Waals surface area contributed by atoms with Crippen LogP contribution < -0.4 is 14.8 Å². The van der Waals surface area contributed by atoms with Gasteiger partial charge in [-0.05, 0) is 37.1 Å². The Labute approximate surface area is 153 Å². The molecule has 0 bridgehead atoms. The number of hydrogen-bond acceptors (Lipinski definition) is 4. The number of fused-ring (bicyclic) bond motifs is 1. The smallest absolute Gasteiger partial charge is 0.238 e. The van der Waals surface area contributed by atoms with Gasteiger partial charge in [0.1, 0.15) is 0 Å². The van der Waals surface area contributed by atoms with Crippen LogP contribution in [0.25, 0.3) is 0 Å². The third kappa shape index (κ3) is 3.83. The lowest BCUT2D eigenvalue weighted by molar-refractivity contribution is -0.117. The highest BCUT2D eigenvalue weighted by Gasteiger charge is 2.27. The number of benzene rings is 2. The fraction of sp³-hybridized carbons (Fsp3) is 0.381. The number of ether oxygens (including phenoxy) is 2. The molecule has 1 unspecified atom stereocenters. The molecule has 0 saturated carbocycles. The maximum atomic E-state index is 12.6. The van der Waals surface area contributed by atoms with Crippen molar-refractivity contribution >= 4 is 11.6 Å². The molecule has 2 aromatic carbocycles. The van der Waals surface area contributed by atoms with Crippen molar-refractivity contribution in [2.24, 2.45) is 0 Å². The summed E-state index contributed by atoms with van der Waals surface area (Å²) in [5.41, 5.74) is 2.03. The minimum absolute atomic E-state index is 0.00215. The molecule has 0 aromatic heterocycles. The predicted molar refractivity (Wildman–Crippen MR) is 101 cm³/mol. The minimum atomic E-state index is 0.00215. The average Bonchev–Trinajstić information content (AvgIpc) is 2.98. The minimum Gasteiger partial charge on any atom is -0.490 e. The van der Waals surface area contributed by atoms with Gasteiger partial charge in [-0.2, -0.15) is 0 Å². The van der Waals surface area contributed by atoms with E-state index in [9.17, 15) is 4.79 Å². The van der Waals surface area contributed by atoms with E-state index in [1.807, 2.05) is 24.3 Å². The monoisotopic (exact) mass is 352 g/mol. The third-order valence-electron chi connectivity index (χ3n) is 4.93. The van der Waals surface area contributed by atoms with Crippen molar-refractivity contribution < 1.29 is 14.3 Å². The highest BCUT2D eigenvalue weighted by Crippen LogP contribution is 2.33. The summed E-state index contributed by atoms with van der Waals surface area (Å²) >= 11 is 0. The van der Waals surface area contributed by atoms with Crippen molar-refractivity contribution in [3.05, 3.63) is 54.1 Å². The number of likely N-dealkylation sites (tertiary alicyclic amines) is 1. The van der Waals surface area contributed by atoms with Crippen LogP contribution >= 0.6 is 0 Å². The first-order chi connectivity index (χ1) is 12.8. The van der Waals surface area contributed by atoms with Crippen LogP contribution in [0.2, 0.25) is 0 Å². The van der Waals surface area contributed by atoms with E-state index in [4.69, 9.17) is 9.47 Å². The number of nitrogens with one attached hydrogen (secondary N) is 1. The average molecular weight is 352 g/mol. The van der Waals surface area contributed by atoms with Gasteiger partial charge < -0.3 is 14.8 Å². The van der Waals surface area contributed by atoms with Crippen LogP contribution in [0.3, 0.4) is 0 Å². The van der Waals surface area contributed by atoms with Crippen molar-refractivity contribution in [2.45, 2.75) is 25.3 Å². The number of rotatable bonds is 4. The van der Waals surface area contributed by atoms with Gasteiger partial charge in [-0.25, -0.2) is 0 Å². The van der Waals surface area contributed by atoms with Gasteiger partial charge in [0.15, 0.2) is 11.5 Å². The SMILES string of the molecule is O=C(CN1CCCC1c1ccccc1)Nc1ccc2c(c1)OCCCO2. The molecule has 0 radical (unpaired) electrons. The van der Waals surface area contributed by atoms with Crippen molar-refractivity contribution in [1.82, 2.24) is 4.90 Å². The largest absolute Gasteiger partial charge is 0.490 e. The fourth-order valence-electron chi connectivity index (χ4n) is 3.69. The molecule has 2 heterocycles. The maximum absolute atomic E-state index is 12.6. The number of nitrogens with zero attached hydrogens (tertiary/aromatic N) is 1. The number of carbonyl (C=O) groups excluding carboxylic acids is 1. The summed E-state index contributed by atoms with van der Waals surface area (Å²) in [6, 6.07) is 16.3. The van der Waals surface area contributed by atoms with Crippen LogP contribution in [-0.2, 0) is 4.79 Å². The molecule has 5 heteroatoms. The van der Waals surface area contributed by atoms with Gasteiger partial charge in [0.05, 0.1) is 19.8 Å². The lowest BCUT2D eigenvalue weighted by atomic mass is 10.0. The zero-order valence-electron chi connectivity index (χ0n) is 14.8. The van der Waals surface area contributed by atoms with E-state index in [1.165, 1.54) is 5.56 Å². The molecule has 5 nitrogen and oxygen atoms in total. The van der Waals surface area contributed by atoms with Crippen molar-refractivity contribution in [1.29, 1.82) is 0 Å². The zero-order chi connectivity index (χ0) is 17.8. The Morgan fingerprint density at radius 1 is 1.04 bits per heavy atom. The highest BCUT2D eigenvalue weighted by atomic mass is 16.5. The Hall–Kier alpha value is -2.53. The Morgan fingerprint density at radius 2 is 1.85 bits per heavy atom. The standard InChI is InChI=1S/C21H24N2O3/c24-21(15-23-11-4-8-18(23)16-6-2-1-3-7-16)22-17-9-10-19-20(14-17)26-13-5-12-25-19/h1-3,6-7,9-10,14,18H,4-5,8,11-13,15H2,(H,22,24). The van der Waals surface area contributed by atoms with Crippen LogP contribution in [-0.4, -0.2) is 37.1 Å². The molecule has 26 heavy (non-hydrogen) atoms. The van der Waals surface area contributed by atoms with Crippen LogP contribution in [0.5, 0.6) is 11.5 Å². The number of hydrogen-bond donors (Lipinski definition) is 1. The van der Waals surface area contributed by atoms with Gasteiger partial charge in [0.2, 0.25) is 5.91 Å². The topological polar surface area (TPSA) is 50.8 Å². The molecule has 2 aliphatic heterocycles. The van der Waals surface area contributed by atoms with Crippen molar-refractivity contribution in [2.75, 3.05) is 31.6 Å². The number of carbonyl (C=O) groups is 1. The molecule has 1 N–H and O–H groups in total. The predicted octanol–water partition coefficient (Wildman–Crippen LogP) is 3.62. The molecule has 136 valence electrons. The first kappa shape index (κ1) is 16.9. The Balaban J connectivity index is 1.40. The van der Waals surface area contributed by atoms with E-state index < -0.39 is 0 Å². The summed E-state index contributed by atoms with van der Waals surface area (Å²) < 4.78 is 11.3. The van der Waals surface area contributed by atoms with Crippen LogP contribution in [0.1, 0.15) is 30.9 Å². The van der Waals surface area contributed by atoms with Gasteiger partial charge in [-0.3, -0.25) is 9.69 Å². The lowest BCUT2D eigenvalue weighted by Gasteiger charge is -2.24. The summed E-state index contributed by atoms with van der Waals surface area (Å²) in [5.74, 6) is 1.44. The van der Waals surface area contributed by atoms with Gasteiger partial charge in [0.25, 0.3) is 0 Å². The van der Waals surface area contributed by atoms with Crippen molar-refractivity contribution in [3.63, 3.8) is 0 Å². The Bertz CT molecular complexity index is 763. The second-order valence-corrected chi connectivity index (χ2v) is 6.80. The summed E-state index contributed by atoms with van der Waals surface area (Å²) in [7, 11) is 0. The van der Waals surface area contributed by atoms with Gasteiger partial charge in [-0.15, -0.1) is 0 Å². The van der Waals surface area contributed by atoms with Crippen LogP contribution in [0.4, 0.5) is 5.69 Å². The molecule has 1 fully saturated rings. The van der Waals surface area contributed by atoms with E-state index in [0.29, 0.717) is 31.5 Å². The maximum Gasteiger partial charge on any atom is 0.238 e. The highest BCUT2D eigenvalue weighted by molar-refractivity contribution is 5.92. The molecular weight excluding hydrogens is 328 g/mol. The van der Waals surface area contributed by atoms with Crippen LogP contribution in [0, 0.1) is 0 Å². The molecule has 1 saturated heterocycles. The molecule has 0 spiro atoms. The lowest BCUT2D eigenvalue weighted by Crippen LogP contribution is -2.32. The second-order valence-electron chi connectivity index (χ2n) is 6.80. The Kier molecular flexibility index (Phi) is 5.07. The van der Waals surface area contributed by atoms with E-state index in [-0.39, 0.29) is 5.91 Å². The molecule has 4 rings (SSSR count). The summed E-state index contributed by atoms with van der Waals surface area (Å²) in [6.07, 6.45) is 3.09. The fourth-order valence-corrected chi connectivity index (χ4v) is 3.69. The zero-order valence-corrected chi connectivity index (χ0v) is 14.8. The summed E-state index contributed by atoms with van der Waals surface area (Å²) in [4.78, 5) is 14.8. The van der Waals surface area contributed by atoms with Gasteiger partial charge in [0, 0.05) is 24.2 Å². The third-order valence-corrected chi connectivity index (χ3v) is 4.93. The van der Waals surface area contributed by atoms with E-state index in [2.05, 4.69) is 34.5 Å². The molecule has 2 aromatic rings. The van der Waals surface area contributed by atoms with E-state index >= 15 is 0 Å².